The average molecular weight is 400 g/mol. The molecule has 4 aromatic rings. The Labute approximate surface area is 176 Å². The number of hydrogen-bond acceptors (Lipinski definition) is 6. The minimum Gasteiger partial charge on any atom is -0.358 e. The van der Waals surface area contributed by atoms with Crippen molar-refractivity contribution in [2.24, 2.45) is 7.05 Å². The molecular formula is C23H25N7. The number of benzene rings is 1. The van der Waals surface area contributed by atoms with Crippen LogP contribution in [0.3, 0.4) is 0 Å². The number of anilines is 1. The van der Waals surface area contributed by atoms with E-state index in [1.54, 1.807) is 17.1 Å². The molecule has 0 saturated heterocycles. The first-order chi connectivity index (χ1) is 14.7. The summed E-state index contributed by atoms with van der Waals surface area (Å²) in [7, 11) is 4.01. The summed E-state index contributed by atoms with van der Waals surface area (Å²) in [5, 5.41) is 5.38. The van der Waals surface area contributed by atoms with Crippen LogP contribution in [0.1, 0.15) is 11.1 Å². The van der Waals surface area contributed by atoms with Crippen LogP contribution < -0.4 is 4.90 Å². The molecule has 1 aromatic carbocycles. The third kappa shape index (κ3) is 3.52. The number of aromatic nitrogens is 5. The molecule has 0 bridgehead atoms. The van der Waals surface area contributed by atoms with E-state index in [-0.39, 0.29) is 0 Å². The first kappa shape index (κ1) is 18.7. The maximum atomic E-state index is 4.89. The lowest BCUT2D eigenvalue weighted by Gasteiger charge is -2.30. The average Bonchev–Trinajstić information content (AvgIpc) is 3.18. The minimum atomic E-state index is 0.674. The molecule has 0 radical (unpaired) electrons. The van der Waals surface area contributed by atoms with Gasteiger partial charge in [0.1, 0.15) is 5.82 Å². The Hall–Kier alpha value is -3.32. The minimum absolute atomic E-state index is 0.674. The van der Waals surface area contributed by atoms with Crippen LogP contribution in [0.5, 0.6) is 0 Å². The molecule has 0 atom stereocenters. The summed E-state index contributed by atoms with van der Waals surface area (Å²) in [6, 6.07) is 12.7. The van der Waals surface area contributed by atoms with Crippen LogP contribution in [0, 0.1) is 0 Å². The molecule has 0 saturated carbocycles. The smallest absolute Gasteiger partial charge is 0.165 e. The van der Waals surface area contributed by atoms with E-state index in [4.69, 9.17) is 9.97 Å². The van der Waals surface area contributed by atoms with Gasteiger partial charge in [-0.05, 0) is 29.7 Å². The zero-order valence-electron chi connectivity index (χ0n) is 17.4. The van der Waals surface area contributed by atoms with Gasteiger partial charge in [0.2, 0.25) is 0 Å². The van der Waals surface area contributed by atoms with Gasteiger partial charge in [0, 0.05) is 58.2 Å². The fourth-order valence-electron chi connectivity index (χ4n) is 4.06. The zero-order chi connectivity index (χ0) is 20.5. The normalized spacial score (nSPS) is 14.1. The highest BCUT2D eigenvalue weighted by Gasteiger charge is 2.19. The van der Waals surface area contributed by atoms with Crippen LogP contribution in [0.15, 0.2) is 55.0 Å². The second-order valence-corrected chi connectivity index (χ2v) is 7.83. The van der Waals surface area contributed by atoms with Gasteiger partial charge in [0.15, 0.2) is 11.5 Å². The molecule has 0 unspecified atom stereocenters. The Morgan fingerprint density at radius 1 is 1.03 bits per heavy atom. The van der Waals surface area contributed by atoms with Gasteiger partial charge in [-0.2, -0.15) is 5.10 Å². The second-order valence-electron chi connectivity index (χ2n) is 7.83. The molecule has 0 amide bonds. The molecule has 30 heavy (non-hydrogen) atoms. The summed E-state index contributed by atoms with van der Waals surface area (Å²) < 4.78 is 1.80. The summed E-state index contributed by atoms with van der Waals surface area (Å²) >= 11 is 0. The Kier molecular flexibility index (Phi) is 4.88. The summed E-state index contributed by atoms with van der Waals surface area (Å²) in [4.78, 5) is 18.6. The van der Waals surface area contributed by atoms with Crippen molar-refractivity contribution >= 4 is 16.9 Å². The van der Waals surface area contributed by atoms with E-state index in [2.05, 4.69) is 51.2 Å². The lowest BCUT2D eigenvalue weighted by Crippen LogP contribution is -2.37. The predicted molar refractivity (Wildman–Crippen MR) is 118 cm³/mol. The molecule has 0 fully saturated rings. The lowest BCUT2D eigenvalue weighted by molar-refractivity contribution is 0.260. The van der Waals surface area contributed by atoms with E-state index in [9.17, 15) is 0 Å². The van der Waals surface area contributed by atoms with E-state index in [1.807, 2.05) is 25.4 Å². The molecule has 0 aliphatic carbocycles. The fourth-order valence-corrected chi connectivity index (χ4v) is 4.06. The molecule has 3 aromatic heterocycles. The SMILES string of the molecule is CN(CCN1CCc2ccccc2C1)c1nc(-c2cccnc2)nc2c1cnn2C. The molecule has 152 valence electrons. The monoisotopic (exact) mass is 399 g/mol. The molecule has 7 heteroatoms. The quantitative estimate of drug-likeness (QED) is 0.514. The van der Waals surface area contributed by atoms with E-state index in [0.29, 0.717) is 5.82 Å². The molecule has 7 nitrogen and oxygen atoms in total. The summed E-state index contributed by atoms with van der Waals surface area (Å²) in [6.07, 6.45) is 6.53. The van der Waals surface area contributed by atoms with Gasteiger partial charge in [-0.25, -0.2) is 9.97 Å². The first-order valence-electron chi connectivity index (χ1n) is 10.3. The van der Waals surface area contributed by atoms with Crippen molar-refractivity contribution in [3.8, 4) is 11.4 Å². The molecule has 5 rings (SSSR count). The van der Waals surface area contributed by atoms with Crippen molar-refractivity contribution in [2.45, 2.75) is 13.0 Å². The summed E-state index contributed by atoms with van der Waals surface area (Å²) in [5.74, 6) is 1.58. The third-order valence-electron chi connectivity index (χ3n) is 5.81. The van der Waals surface area contributed by atoms with Crippen LogP contribution in [0.2, 0.25) is 0 Å². The molecular weight excluding hydrogens is 374 g/mol. The van der Waals surface area contributed by atoms with E-state index >= 15 is 0 Å². The van der Waals surface area contributed by atoms with Gasteiger partial charge in [0.05, 0.1) is 11.6 Å². The standard InChI is InChI=1S/C23H25N7/c1-28(12-13-30-11-9-17-6-3-4-7-19(17)16-30)22-20-15-25-29(2)23(20)27-21(26-22)18-8-5-10-24-14-18/h3-8,10,14-15H,9,11-13,16H2,1-2H3. The van der Waals surface area contributed by atoms with E-state index in [1.165, 1.54) is 11.1 Å². The number of nitrogens with zero attached hydrogens (tertiary/aromatic N) is 7. The van der Waals surface area contributed by atoms with Gasteiger partial charge in [0.25, 0.3) is 0 Å². The fraction of sp³-hybridized carbons (Fsp3) is 0.304. The molecule has 1 aliphatic rings. The van der Waals surface area contributed by atoms with Crippen molar-refractivity contribution in [3.63, 3.8) is 0 Å². The van der Waals surface area contributed by atoms with Crippen LogP contribution in [-0.4, -0.2) is 56.3 Å². The number of aryl methyl sites for hydroxylation is 1. The van der Waals surface area contributed by atoms with Crippen molar-refractivity contribution in [2.75, 3.05) is 31.6 Å². The van der Waals surface area contributed by atoms with Crippen molar-refractivity contribution in [1.82, 2.24) is 29.6 Å². The highest BCUT2D eigenvalue weighted by molar-refractivity contribution is 5.88. The van der Waals surface area contributed by atoms with Crippen LogP contribution in [0.4, 0.5) is 5.82 Å². The molecule has 4 heterocycles. The maximum Gasteiger partial charge on any atom is 0.165 e. The van der Waals surface area contributed by atoms with Crippen LogP contribution >= 0.6 is 0 Å². The Morgan fingerprint density at radius 3 is 2.73 bits per heavy atom. The van der Waals surface area contributed by atoms with Gasteiger partial charge in [-0.3, -0.25) is 14.6 Å². The maximum absolute atomic E-state index is 4.89. The Morgan fingerprint density at radius 2 is 1.90 bits per heavy atom. The van der Waals surface area contributed by atoms with Gasteiger partial charge in [-0.1, -0.05) is 24.3 Å². The third-order valence-corrected chi connectivity index (χ3v) is 5.81. The summed E-state index contributed by atoms with van der Waals surface area (Å²) in [5.41, 5.74) is 4.67. The first-order valence-corrected chi connectivity index (χ1v) is 10.3. The van der Waals surface area contributed by atoms with Crippen LogP contribution in [-0.2, 0) is 20.0 Å². The topological polar surface area (TPSA) is 63.0 Å². The van der Waals surface area contributed by atoms with Crippen LogP contribution in [0.25, 0.3) is 22.4 Å². The molecule has 0 N–H and O–H groups in total. The van der Waals surface area contributed by atoms with Crippen molar-refractivity contribution < 1.29 is 0 Å². The predicted octanol–water partition coefficient (Wildman–Crippen LogP) is 2.92. The van der Waals surface area contributed by atoms with E-state index in [0.717, 1.165) is 55.0 Å². The van der Waals surface area contributed by atoms with Gasteiger partial charge in [-0.15, -0.1) is 0 Å². The number of hydrogen-bond donors (Lipinski definition) is 0. The zero-order valence-corrected chi connectivity index (χ0v) is 17.4. The highest BCUT2D eigenvalue weighted by atomic mass is 15.3. The van der Waals surface area contributed by atoms with Crippen molar-refractivity contribution in [1.29, 1.82) is 0 Å². The molecule has 1 aliphatic heterocycles. The number of rotatable bonds is 5. The van der Waals surface area contributed by atoms with Crippen molar-refractivity contribution in [3.05, 3.63) is 66.1 Å². The summed E-state index contributed by atoms with van der Waals surface area (Å²) in [6.45, 7) is 3.98. The number of likely N-dealkylation sites (N-methyl/N-ethyl adjacent to an activating group) is 1. The highest BCUT2D eigenvalue weighted by Crippen LogP contribution is 2.26. The largest absolute Gasteiger partial charge is 0.358 e. The second kappa shape index (κ2) is 7.84. The Bertz CT molecular complexity index is 1170. The van der Waals surface area contributed by atoms with E-state index < -0.39 is 0 Å². The lowest BCUT2D eigenvalue weighted by atomic mass is 10.00. The van der Waals surface area contributed by atoms with Gasteiger partial charge < -0.3 is 4.90 Å². The number of fused-ring (bicyclic) bond motifs is 2. The van der Waals surface area contributed by atoms with Gasteiger partial charge >= 0.3 is 0 Å². The molecule has 0 spiro atoms. The Balaban J connectivity index is 1.39. The number of pyridine rings is 1.